The van der Waals surface area contributed by atoms with Gasteiger partial charge in [0.1, 0.15) is 13.2 Å². The fourth-order valence-corrected chi connectivity index (χ4v) is 1.71. The van der Waals surface area contributed by atoms with Crippen molar-refractivity contribution < 1.29 is 23.9 Å². The summed E-state index contributed by atoms with van der Waals surface area (Å²) in [6, 6.07) is 7.46. The van der Waals surface area contributed by atoms with Gasteiger partial charge in [0.05, 0.1) is 12.5 Å². The van der Waals surface area contributed by atoms with E-state index in [2.05, 4.69) is 4.84 Å². The van der Waals surface area contributed by atoms with E-state index in [4.69, 9.17) is 15.4 Å². The fraction of sp³-hybridized carbons (Fsp3) is 0.429. The molecule has 0 aliphatic carbocycles. The number of hydrogen-bond acceptors (Lipinski definition) is 6. The molecule has 0 atom stereocenters. The number of benzene rings is 1. The predicted octanol–water partition coefficient (Wildman–Crippen LogP) is 1.29. The Bertz CT molecular complexity index is 443. The maximum Gasteiger partial charge on any atom is 0.302 e. The number of hydrogen-bond donors (Lipinski definition) is 1. The molecule has 0 heterocycles. The Labute approximate surface area is 117 Å². The lowest BCUT2D eigenvalue weighted by Crippen LogP contribution is -2.18. The summed E-state index contributed by atoms with van der Waals surface area (Å²) in [7, 11) is 0. The van der Waals surface area contributed by atoms with Gasteiger partial charge in [0.25, 0.3) is 0 Å². The van der Waals surface area contributed by atoms with Gasteiger partial charge in [-0.15, -0.1) is 0 Å². The van der Waals surface area contributed by atoms with E-state index in [0.717, 1.165) is 11.1 Å². The summed E-state index contributed by atoms with van der Waals surface area (Å²) in [6.45, 7) is 3.25. The van der Waals surface area contributed by atoms with E-state index in [-0.39, 0.29) is 37.7 Å². The molecule has 1 rings (SSSR count). The summed E-state index contributed by atoms with van der Waals surface area (Å²) in [4.78, 5) is 26.4. The van der Waals surface area contributed by atoms with Crippen molar-refractivity contribution in [2.45, 2.75) is 26.4 Å². The van der Waals surface area contributed by atoms with E-state index in [1.165, 1.54) is 13.8 Å². The van der Waals surface area contributed by atoms with Crippen LogP contribution in [0.5, 0.6) is 0 Å². The number of carbonyl (C=O) groups excluding carboxylic acids is 2. The topological polar surface area (TPSA) is 87.8 Å². The summed E-state index contributed by atoms with van der Waals surface area (Å²) in [5.74, 6) is 4.07. The monoisotopic (exact) mass is 281 g/mol. The molecule has 0 amide bonds. The molecule has 0 aliphatic rings. The maximum absolute atomic E-state index is 10.9. The third-order valence-electron chi connectivity index (χ3n) is 2.65. The summed E-state index contributed by atoms with van der Waals surface area (Å²) < 4.78 is 10.0. The van der Waals surface area contributed by atoms with Crippen molar-refractivity contribution in [1.82, 2.24) is 0 Å². The Morgan fingerprint density at radius 1 is 1.15 bits per heavy atom. The molecule has 1 aromatic rings. The first-order valence-corrected chi connectivity index (χ1v) is 6.20. The van der Waals surface area contributed by atoms with Crippen molar-refractivity contribution >= 4 is 11.9 Å². The molecule has 0 radical (unpaired) electrons. The highest BCUT2D eigenvalue weighted by Crippen LogP contribution is 2.19. The molecule has 0 aliphatic heterocycles. The lowest BCUT2D eigenvalue weighted by atomic mass is 9.99. The van der Waals surface area contributed by atoms with Crippen LogP contribution in [-0.2, 0) is 30.5 Å². The zero-order chi connectivity index (χ0) is 15.0. The Morgan fingerprint density at radius 2 is 1.75 bits per heavy atom. The number of nitrogens with two attached hydrogens (primary N) is 1. The Kier molecular flexibility index (Phi) is 6.69. The van der Waals surface area contributed by atoms with Crippen LogP contribution in [0.2, 0.25) is 0 Å². The van der Waals surface area contributed by atoms with E-state index in [9.17, 15) is 9.59 Å². The van der Waals surface area contributed by atoms with Gasteiger partial charge in [-0.1, -0.05) is 24.3 Å². The molecule has 0 saturated heterocycles. The van der Waals surface area contributed by atoms with Crippen molar-refractivity contribution in [3.63, 3.8) is 0 Å². The quantitative estimate of drug-likeness (QED) is 0.598. The largest absolute Gasteiger partial charge is 0.465 e. The molecular weight excluding hydrogens is 262 g/mol. The Morgan fingerprint density at radius 3 is 2.25 bits per heavy atom. The van der Waals surface area contributed by atoms with Gasteiger partial charge in [0.15, 0.2) is 0 Å². The van der Waals surface area contributed by atoms with Crippen molar-refractivity contribution in [2.24, 2.45) is 5.90 Å². The van der Waals surface area contributed by atoms with E-state index in [1.54, 1.807) is 0 Å². The predicted molar refractivity (Wildman–Crippen MR) is 71.4 cm³/mol. The van der Waals surface area contributed by atoms with Gasteiger partial charge < -0.3 is 9.47 Å². The molecule has 0 aromatic heterocycles. The van der Waals surface area contributed by atoms with Gasteiger partial charge in [-0.3, -0.25) is 14.4 Å². The first-order chi connectivity index (χ1) is 9.52. The molecule has 0 spiro atoms. The second kappa shape index (κ2) is 8.29. The van der Waals surface area contributed by atoms with Crippen LogP contribution in [0.4, 0.5) is 0 Å². The molecule has 1 aromatic carbocycles. The summed E-state index contributed by atoms with van der Waals surface area (Å²) >= 11 is 0. The highest BCUT2D eigenvalue weighted by Gasteiger charge is 2.15. The average molecular weight is 281 g/mol. The van der Waals surface area contributed by atoms with Gasteiger partial charge >= 0.3 is 11.9 Å². The first-order valence-electron chi connectivity index (χ1n) is 6.20. The van der Waals surface area contributed by atoms with Gasteiger partial charge in [0.2, 0.25) is 0 Å². The highest BCUT2D eigenvalue weighted by molar-refractivity contribution is 5.66. The standard InChI is InChI=1S/C14H19NO5/c1-10(16)18-8-14(9-19-11(2)17)13-5-3-4-12(6-13)7-20-15/h3-6,14H,7-9,15H2,1-2H3. The van der Waals surface area contributed by atoms with Crippen LogP contribution in [0.1, 0.15) is 30.9 Å². The number of carbonyl (C=O) groups is 2. The molecule has 0 saturated carbocycles. The van der Waals surface area contributed by atoms with Crippen molar-refractivity contribution in [2.75, 3.05) is 13.2 Å². The molecule has 0 fully saturated rings. The Balaban J connectivity index is 2.81. The molecule has 6 heteroatoms. The SMILES string of the molecule is CC(=O)OCC(COC(C)=O)c1cccc(CON)c1. The van der Waals surface area contributed by atoms with Gasteiger partial charge in [-0.05, 0) is 11.1 Å². The van der Waals surface area contributed by atoms with E-state index in [0.29, 0.717) is 0 Å². The third-order valence-corrected chi connectivity index (χ3v) is 2.65. The van der Waals surface area contributed by atoms with Crippen LogP contribution < -0.4 is 5.90 Å². The summed E-state index contributed by atoms with van der Waals surface area (Å²) in [6.07, 6.45) is 0. The number of rotatable bonds is 7. The van der Waals surface area contributed by atoms with E-state index >= 15 is 0 Å². The Hall–Kier alpha value is -1.92. The molecule has 110 valence electrons. The van der Waals surface area contributed by atoms with Crippen molar-refractivity contribution in [3.05, 3.63) is 35.4 Å². The van der Waals surface area contributed by atoms with Gasteiger partial charge in [0, 0.05) is 13.8 Å². The first kappa shape index (κ1) is 16.1. The van der Waals surface area contributed by atoms with Crippen LogP contribution in [-0.4, -0.2) is 25.2 Å². The molecule has 6 nitrogen and oxygen atoms in total. The molecule has 0 bridgehead atoms. The van der Waals surface area contributed by atoms with Crippen molar-refractivity contribution in [1.29, 1.82) is 0 Å². The minimum atomic E-state index is -0.376. The number of ether oxygens (including phenoxy) is 2. The minimum absolute atomic E-state index is 0.148. The van der Waals surface area contributed by atoms with Crippen molar-refractivity contribution in [3.8, 4) is 0 Å². The second-order valence-electron chi connectivity index (χ2n) is 4.36. The van der Waals surface area contributed by atoms with E-state index in [1.807, 2.05) is 24.3 Å². The normalized spacial score (nSPS) is 10.4. The van der Waals surface area contributed by atoms with Crippen LogP contribution in [0.15, 0.2) is 24.3 Å². The smallest absolute Gasteiger partial charge is 0.302 e. The van der Waals surface area contributed by atoms with Crippen LogP contribution in [0.25, 0.3) is 0 Å². The number of esters is 2. The fourth-order valence-electron chi connectivity index (χ4n) is 1.71. The second-order valence-corrected chi connectivity index (χ2v) is 4.36. The minimum Gasteiger partial charge on any atom is -0.465 e. The van der Waals surface area contributed by atoms with E-state index < -0.39 is 0 Å². The van der Waals surface area contributed by atoms with Crippen LogP contribution >= 0.6 is 0 Å². The van der Waals surface area contributed by atoms with Gasteiger partial charge in [-0.25, -0.2) is 5.90 Å². The van der Waals surface area contributed by atoms with Crippen LogP contribution in [0, 0.1) is 0 Å². The molecule has 20 heavy (non-hydrogen) atoms. The lowest BCUT2D eigenvalue weighted by Gasteiger charge is -2.17. The van der Waals surface area contributed by atoms with Crippen LogP contribution in [0.3, 0.4) is 0 Å². The summed E-state index contributed by atoms with van der Waals surface area (Å²) in [5, 5.41) is 0. The third kappa shape index (κ3) is 5.81. The highest BCUT2D eigenvalue weighted by atomic mass is 16.6. The summed E-state index contributed by atoms with van der Waals surface area (Å²) in [5.41, 5.74) is 1.78. The van der Waals surface area contributed by atoms with Gasteiger partial charge in [-0.2, -0.15) is 0 Å². The zero-order valence-corrected chi connectivity index (χ0v) is 11.6. The zero-order valence-electron chi connectivity index (χ0n) is 11.6. The lowest BCUT2D eigenvalue weighted by molar-refractivity contribution is -0.144. The average Bonchev–Trinajstić information content (AvgIpc) is 2.39. The molecule has 0 unspecified atom stereocenters. The maximum atomic E-state index is 10.9. The molecule has 2 N–H and O–H groups in total. The molecular formula is C14H19NO5.